The lowest BCUT2D eigenvalue weighted by atomic mass is 10.0. The van der Waals surface area contributed by atoms with Crippen molar-refractivity contribution in [3.63, 3.8) is 0 Å². The summed E-state index contributed by atoms with van der Waals surface area (Å²) < 4.78 is 4.73. The van der Waals surface area contributed by atoms with E-state index in [2.05, 4.69) is 39.7 Å². The van der Waals surface area contributed by atoms with Crippen LogP contribution in [0.1, 0.15) is 30.3 Å². The minimum Gasteiger partial charge on any atom is -0.343 e. The molecule has 4 heteroatoms. The number of nitrogens with zero attached hydrogens (tertiary/aromatic N) is 2. The fraction of sp³-hybridized carbons (Fsp3) is 0.385. The molecule has 88 valence electrons. The van der Waals surface area contributed by atoms with Gasteiger partial charge < -0.3 is 9.84 Å². The van der Waals surface area contributed by atoms with Crippen LogP contribution < -0.4 is 5.32 Å². The predicted molar refractivity (Wildman–Crippen MR) is 63.0 cm³/mol. The third-order valence-electron chi connectivity index (χ3n) is 3.14. The summed E-state index contributed by atoms with van der Waals surface area (Å²) in [5, 5.41) is 7.33. The Balaban J connectivity index is 1.68. The molecule has 4 nitrogen and oxygen atoms in total. The molecule has 1 heterocycles. The van der Waals surface area contributed by atoms with Crippen molar-refractivity contribution in [2.75, 3.05) is 0 Å². The Hall–Kier alpha value is -1.68. The molecule has 2 aromatic rings. The topological polar surface area (TPSA) is 51.0 Å². The van der Waals surface area contributed by atoms with Crippen molar-refractivity contribution in [1.29, 1.82) is 0 Å². The number of nitrogens with one attached hydrogen (secondary N) is 1. The van der Waals surface area contributed by atoms with Crippen molar-refractivity contribution in [3.8, 4) is 0 Å². The average Bonchev–Trinajstić information content (AvgIpc) is 3.07. The van der Waals surface area contributed by atoms with E-state index in [9.17, 15) is 0 Å². The van der Waals surface area contributed by atoms with Gasteiger partial charge in [0.1, 0.15) is 0 Å². The van der Waals surface area contributed by atoms with Gasteiger partial charge in [0.25, 0.3) is 0 Å². The van der Waals surface area contributed by atoms with Crippen LogP contribution in [-0.2, 0) is 6.54 Å². The molecule has 1 fully saturated rings. The molecule has 0 aliphatic heterocycles. The molecular weight excluding hydrogens is 214 g/mol. The third kappa shape index (κ3) is 2.53. The van der Waals surface area contributed by atoms with Gasteiger partial charge in [0.05, 0.1) is 6.54 Å². The van der Waals surface area contributed by atoms with Crippen molar-refractivity contribution in [2.24, 2.45) is 5.92 Å². The second-order valence-electron chi connectivity index (χ2n) is 4.45. The zero-order valence-electron chi connectivity index (χ0n) is 9.54. The van der Waals surface area contributed by atoms with Crippen LogP contribution >= 0.6 is 0 Å². The Morgan fingerprint density at radius 1 is 1.29 bits per heavy atom. The predicted octanol–water partition coefficient (Wildman–Crippen LogP) is 2.31. The molecule has 0 saturated heterocycles. The number of rotatable bonds is 5. The summed E-state index contributed by atoms with van der Waals surface area (Å²) in [7, 11) is 0. The van der Waals surface area contributed by atoms with Crippen LogP contribution in [0.15, 0.2) is 41.2 Å². The molecule has 0 amide bonds. The second kappa shape index (κ2) is 4.67. The minimum atomic E-state index is 0.412. The fourth-order valence-electron chi connectivity index (χ4n) is 2.12. The van der Waals surface area contributed by atoms with Crippen LogP contribution in [0.2, 0.25) is 0 Å². The van der Waals surface area contributed by atoms with Crippen LogP contribution in [0.5, 0.6) is 0 Å². The van der Waals surface area contributed by atoms with Crippen molar-refractivity contribution in [1.82, 2.24) is 15.5 Å². The van der Waals surface area contributed by atoms with Crippen LogP contribution in [0, 0.1) is 5.92 Å². The lowest BCUT2D eigenvalue weighted by Gasteiger charge is -2.17. The minimum absolute atomic E-state index is 0.412. The molecule has 0 bridgehead atoms. The van der Waals surface area contributed by atoms with Gasteiger partial charge in [0, 0.05) is 6.04 Å². The summed E-state index contributed by atoms with van der Waals surface area (Å²) in [5.41, 5.74) is 1.35. The summed E-state index contributed by atoms with van der Waals surface area (Å²) in [6, 6.07) is 11.0. The Bertz CT molecular complexity index is 451. The maximum atomic E-state index is 4.73. The maximum Gasteiger partial charge on any atom is 0.213 e. The number of benzene rings is 1. The summed E-state index contributed by atoms with van der Waals surface area (Å²) in [6.45, 7) is 0.659. The van der Waals surface area contributed by atoms with E-state index in [4.69, 9.17) is 4.52 Å². The molecule has 1 aliphatic carbocycles. The van der Waals surface area contributed by atoms with E-state index < -0.39 is 0 Å². The first-order valence-corrected chi connectivity index (χ1v) is 5.97. The van der Waals surface area contributed by atoms with Gasteiger partial charge in [0.15, 0.2) is 5.82 Å². The van der Waals surface area contributed by atoms with Crippen molar-refractivity contribution >= 4 is 0 Å². The molecule has 0 spiro atoms. The highest BCUT2D eigenvalue weighted by atomic mass is 16.5. The molecule has 1 N–H and O–H groups in total. The van der Waals surface area contributed by atoms with Crippen molar-refractivity contribution in [3.05, 3.63) is 48.1 Å². The Labute approximate surface area is 100 Å². The Kier molecular flexibility index (Phi) is 2.88. The fourth-order valence-corrected chi connectivity index (χ4v) is 2.12. The largest absolute Gasteiger partial charge is 0.343 e. The van der Waals surface area contributed by atoms with Crippen LogP contribution in [0.4, 0.5) is 0 Å². The van der Waals surface area contributed by atoms with E-state index >= 15 is 0 Å². The van der Waals surface area contributed by atoms with Crippen LogP contribution in [-0.4, -0.2) is 10.1 Å². The first kappa shape index (κ1) is 10.5. The van der Waals surface area contributed by atoms with E-state index in [1.165, 1.54) is 24.8 Å². The SMILES string of the molecule is c1ccc(C(NCc2ncon2)C2CC2)cc1. The van der Waals surface area contributed by atoms with Gasteiger partial charge in [-0.05, 0) is 24.3 Å². The monoisotopic (exact) mass is 229 g/mol. The molecule has 1 aliphatic rings. The summed E-state index contributed by atoms with van der Waals surface area (Å²) in [4.78, 5) is 4.02. The Morgan fingerprint density at radius 2 is 2.12 bits per heavy atom. The lowest BCUT2D eigenvalue weighted by Crippen LogP contribution is -2.23. The lowest BCUT2D eigenvalue weighted by molar-refractivity contribution is 0.400. The van der Waals surface area contributed by atoms with Crippen molar-refractivity contribution in [2.45, 2.75) is 25.4 Å². The zero-order chi connectivity index (χ0) is 11.5. The van der Waals surface area contributed by atoms with Gasteiger partial charge in [-0.15, -0.1) is 0 Å². The maximum absolute atomic E-state index is 4.73. The third-order valence-corrected chi connectivity index (χ3v) is 3.14. The molecule has 1 aromatic carbocycles. The smallest absolute Gasteiger partial charge is 0.213 e. The van der Waals surface area contributed by atoms with E-state index in [0.717, 1.165) is 5.92 Å². The number of aromatic nitrogens is 2. The van der Waals surface area contributed by atoms with Crippen molar-refractivity contribution < 1.29 is 4.52 Å². The molecule has 3 rings (SSSR count). The van der Waals surface area contributed by atoms with E-state index in [1.807, 2.05) is 6.07 Å². The van der Waals surface area contributed by atoms with Gasteiger partial charge in [0.2, 0.25) is 6.39 Å². The van der Waals surface area contributed by atoms with Gasteiger partial charge in [-0.1, -0.05) is 35.5 Å². The molecule has 1 saturated carbocycles. The van der Waals surface area contributed by atoms with E-state index in [0.29, 0.717) is 18.4 Å². The van der Waals surface area contributed by atoms with Gasteiger partial charge in [-0.2, -0.15) is 4.98 Å². The van der Waals surface area contributed by atoms with E-state index in [-0.39, 0.29) is 0 Å². The summed E-state index contributed by atoms with van der Waals surface area (Å²) in [6.07, 6.45) is 3.98. The molecule has 1 aromatic heterocycles. The van der Waals surface area contributed by atoms with Gasteiger partial charge in [-0.3, -0.25) is 0 Å². The average molecular weight is 229 g/mol. The first-order valence-electron chi connectivity index (χ1n) is 5.97. The standard InChI is InChI=1S/C13H15N3O/c1-2-4-10(5-3-1)13(11-6-7-11)14-8-12-15-9-17-16-12/h1-5,9,11,13-14H,6-8H2. The molecule has 1 atom stereocenters. The number of hydrogen-bond acceptors (Lipinski definition) is 4. The normalized spacial score (nSPS) is 16.9. The van der Waals surface area contributed by atoms with Crippen LogP contribution in [0.3, 0.4) is 0 Å². The van der Waals surface area contributed by atoms with Gasteiger partial charge in [-0.25, -0.2) is 0 Å². The molecule has 1 unspecified atom stereocenters. The summed E-state index contributed by atoms with van der Waals surface area (Å²) >= 11 is 0. The Morgan fingerprint density at radius 3 is 2.76 bits per heavy atom. The second-order valence-corrected chi connectivity index (χ2v) is 4.45. The zero-order valence-corrected chi connectivity index (χ0v) is 9.54. The van der Waals surface area contributed by atoms with Gasteiger partial charge >= 0.3 is 0 Å². The first-order chi connectivity index (χ1) is 8.43. The highest BCUT2D eigenvalue weighted by Gasteiger charge is 2.31. The summed E-state index contributed by atoms with van der Waals surface area (Å²) in [5.74, 6) is 1.47. The highest BCUT2D eigenvalue weighted by molar-refractivity contribution is 5.21. The molecule has 0 radical (unpaired) electrons. The quantitative estimate of drug-likeness (QED) is 0.854. The molecule has 17 heavy (non-hydrogen) atoms. The highest BCUT2D eigenvalue weighted by Crippen LogP contribution is 2.40. The number of hydrogen-bond donors (Lipinski definition) is 1. The molecular formula is C13H15N3O. The van der Waals surface area contributed by atoms with Crippen LogP contribution in [0.25, 0.3) is 0 Å². The van der Waals surface area contributed by atoms with E-state index in [1.54, 1.807) is 0 Å².